The van der Waals surface area contributed by atoms with E-state index >= 15 is 0 Å². The molecule has 0 N–H and O–H groups in total. The summed E-state index contributed by atoms with van der Waals surface area (Å²) >= 11 is 1.57. The van der Waals surface area contributed by atoms with Crippen LogP contribution < -0.4 is 4.90 Å². The van der Waals surface area contributed by atoms with E-state index in [-0.39, 0.29) is 12.0 Å². The Bertz CT molecular complexity index is 718. The number of aryl methyl sites for hydroxylation is 1. The molecule has 1 fully saturated rings. The van der Waals surface area contributed by atoms with Crippen molar-refractivity contribution in [1.82, 2.24) is 19.9 Å². The standard InChI is InChI=1S/C16H21N5O2S/c1-11-19-12(10-24-11)8-14(22)21-6-7-23-13(9-21)15-16(20(2)3)18-5-4-17-15/h4-5,10,13H,6-9H2,1-3H3/t13-/m1/s1. The van der Waals surface area contributed by atoms with Crippen molar-refractivity contribution in [3.63, 3.8) is 0 Å². The van der Waals surface area contributed by atoms with Gasteiger partial charge in [-0.3, -0.25) is 9.78 Å². The molecule has 1 saturated heterocycles. The first kappa shape index (κ1) is 16.8. The number of amides is 1. The lowest BCUT2D eigenvalue weighted by atomic mass is 10.1. The monoisotopic (exact) mass is 347 g/mol. The molecule has 0 spiro atoms. The van der Waals surface area contributed by atoms with Crippen LogP contribution in [-0.2, 0) is 16.0 Å². The molecule has 1 atom stereocenters. The fraction of sp³-hybridized carbons (Fsp3) is 0.500. The lowest BCUT2D eigenvalue weighted by Crippen LogP contribution is -2.43. The Morgan fingerprint density at radius 2 is 2.21 bits per heavy atom. The van der Waals surface area contributed by atoms with Gasteiger partial charge in [-0.05, 0) is 6.92 Å². The molecular formula is C16H21N5O2S. The van der Waals surface area contributed by atoms with Crippen molar-refractivity contribution in [3.05, 3.63) is 34.2 Å². The summed E-state index contributed by atoms with van der Waals surface area (Å²) in [6.45, 7) is 3.52. The van der Waals surface area contributed by atoms with Gasteiger partial charge < -0.3 is 14.5 Å². The summed E-state index contributed by atoms with van der Waals surface area (Å²) in [5.74, 6) is 0.843. The van der Waals surface area contributed by atoms with E-state index in [0.29, 0.717) is 26.1 Å². The van der Waals surface area contributed by atoms with Gasteiger partial charge in [0.2, 0.25) is 5.91 Å². The lowest BCUT2D eigenvalue weighted by Gasteiger charge is -2.33. The van der Waals surface area contributed by atoms with Crippen LogP contribution in [0.5, 0.6) is 0 Å². The van der Waals surface area contributed by atoms with Crippen LogP contribution in [0.2, 0.25) is 0 Å². The van der Waals surface area contributed by atoms with Gasteiger partial charge in [-0.15, -0.1) is 11.3 Å². The Hall–Kier alpha value is -2.06. The van der Waals surface area contributed by atoms with Gasteiger partial charge >= 0.3 is 0 Å². The lowest BCUT2D eigenvalue weighted by molar-refractivity contribution is -0.138. The van der Waals surface area contributed by atoms with E-state index in [0.717, 1.165) is 22.2 Å². The maximum atomic E-state index is 12.6. The molecule has 128 valence electrons. The zero-order chi connectivity index (χ0) is 17.1. The van der Waals surface area contributed by atoms with E-state index in [2.05, 4.69) is 15.0 Å². The predicted octanol–water partition coefficient (Wildman–Crippen LogP) is 1.45. The van der Waals surface area contributed by atoms with Gasteiger partial charge in [0.05, 0.1) is 30.3 Å². The summed E-state index contributed by atoms with van der Waals surface area (Å²) in [6.07, 6.45) is 3.39. The van der Waals surface area contributed by atoms with Crippen LogP contribution in [0.4, 0.5) is 5.82 Å². The molecule has 0 aromatic carbocycles. The van der Waals surface area contributed by atoms with E-state index < -0.39 is 0 Å². The van der Waals surface area contributed by atoms with Crippen LogP contribution in [0.25, 0.3) is 0 Å². The fourth-order valence-electron chi connectivity index (χ4n) is 2.71. The van der Waals surface area contributed by atoms with Crippen LogP contribution in [0, 0.1) is 6.92 Å². The number of thiazole rings is 1. The third-order valence-electron chi connectivity index (χ3n) is 3.85. The second kappa shape index (κ2) is 7.23. The molecule has 7 nitrogen and oxygen atoms in total. The highest BCUT2D eigenvalue weighted by molar-refractivity contribution is 7.09. The number of rotatable bonds is 4. The zero-order valence-corrected chi connectivity index (χ0v) is 14.9. The second-order valence-corrected chi connectivity index (χ2v) is 6.96. The molecule has 3 rings (SSSR count). The van der Waals surface area contributed by atoms with Gasteiger partial charge in [0.15, 0.2) is 5.82 Å². The summed E-state index contributed by atoms with van der Waals surface area (Å²) in [6, 6.07) is 0. The number of aromatic nitrogens is 3. The molecule has 0 saturated carbocycles. The molecule has 1 aliphatic rings. The first-order valence-corrected chi connectivity index (χ1v) is 8.71. The maximum absolute atomic E-state index is 12.6. The van der Waals surface area contributed by atoms with Gasteiger partial charge in [-0.25, -0.2) is 9.97 Å². The first-order valence-electron chi connectivity index (χ1n) is 7.83. The van der Waals surface area contributed by atoms with Crippen LogP contribution in [0.15, 0.2) is 17.8 Å². The Kier molecular flexibility index (Phi) is 5.06. The van der Waals surface area contributed by atoms with Gasteiger partial charge in [-0.2, -0.15) is 0 Å². The Balaban J connectivity index is 1.71. The fourth-order valence-corrected chi connectivity index (χ4v) is 3.32. The van der Waals surface area contributed by atoms with Crippen LogP contribution >= 0.6 is 11.3 Å². The van der Waals surface area contributed by atoms with Crippen molar-refractivity contribution in [3.8, 4) is 0 Å². The topological polar surface area (TPSA) is 71.5 Å². The highest BCUT2D eigenvalue weighted by atomic mass is 32.1. The highest BCUT2D eigenvalue weighted by Crippen LogP contribution is 2.26. The maximum Gasteiger partial charge on any atom is 0.228 e. The van der Waals surface area contributed by atoms with Gasteiger partial charge in [-0.1, -0.05) is 0 Å². The number of anilines is 1. The van der Waals surface area contributed by atoms with Gasteiger partial charge in [0.1, 0.15) is 11.8 Å². The number of morpholine rings is 1. The first-order chi connectivity index (χ1) is 11.5. The number of carbonyl (C=O) groups is 1. The Labute approximate surface area is 145 Å². The number of carbonyl (C=O) groups excluding carboxylic acids is 1. The van der Waals surface area contributed by atoms with E-state index in [1.807, 2.05) is 36.2 Å². The second-order valence-electron chi connectivity index (χ2n) is 5.89. The number of ether oxygens (including phenoxy) is 1. The number of nitrogens with zero attached hydrogens (tertiary/aromatic N) is 5. The zero-order valence-electron chi connectivity index (χ0n) is 14.1. The summed E-state index contributed by atoms with van der Waals surface area (Å²) in [7, 11) is 3.84. The summed E-state index contributed by atoms with van der Waals surface area (Å²) in [5, 5.41) is 2.92. The predicted molar refractivity (Wildman–Crippen MR) is 92.2 cm³/mol. The minimum absolute atomic E-state index is 0.0730. The summed E-state index contributed by atoms with van der Waals surface area (Å²) in [4.78, 5) is 29.5. The average molecular weight is 347 g/mol. The van der Waals surface area contributed by atoms with Crippen molar-refractivity contribution in [2.75, 3.05) is 38.7 Å². The normalized spacial score (nSPS) is 17.8. The summed E-state index contributed by atoms with van der Waals surface area (Å²) < 4.78 is 5.85. The van der Waals surface area contributed by atoms with Gasteiger partial charge in [0, 0.05) is 38.4 Å². The molecule has 1 aliphatic heterocycles. The molecule has 24 heavy (non-hydrogen) atoms. The molecule has 0 bridgehead atoms. The smallest absolute Gasteiger partial charge is 0.228 e. The molecule has 0 unspecified atom stereocenters. The van der Waals surface area contributed by atoms with Crippen molar-refractivity contribution in [2.45, 2.75) is 19.4 Å². The molecule has 3 heterocycles. The average Bonchev–Trinajstić information content (AvgIpc) is 2.99. The molecule has 8 heteroatoms. The van der Waals surface area contributed by atoms with Crippen molar-refractivity contribution in [1.29, 1.82) is 0 Å². The summed E-state index contributed by atoms with van der Waals surface area (Å²) in [5.41, 5.74) is 1.60. The van der Waals surface area contributed by atoms with Crippen LogP contribution in [0.3, 0.4) is 0 Å². The minimum atomic E-state index is -0.258. The third-order valence-corrected chi connectivity index (χ3v) is 4.68. The number of hydrogen-bond acceptors (Lipinski definition) is 7. The molecule has 2 aromatic rings. The van der Waals surface area contributed by atoms with Crippen molar-refractivity contribution >= 4 is 23.1 Å². The quantitative estimate of drug-likeness (QED) is 0.834. The van der Waals surface area contributed by atoms with E-state index in [1.165, 1.54) is 0 Å². The highest BCUT2D eigenvalue weighted by Gasteiger charge is 2.29. The van der Waals surface area contributed by atoms with E-state index in [9.17, 15) is 4.79 Å². The van der Waals surface area contributed by atoms with Gasteiger partial charge in [0.25, 0.3) is 0 Å². The SMILES string of the molecule is Cc1nc(CC(=O)N2CCO[C@@H](c3nccnc3N(C)C)C2)cs1. The molecule has 2 aromatic heterocycles. The Morgan fingerprint density at radius 1 is 1.42 bits per heavy atom. The third kappa shape index (κ3) is 3.70. The molecule has 0 aliphatic carbocycles. The Morgan fingerprint density at radius 3 is 2.92 bits per heavy atom. The number of hydrogen-bond donors (Lipinski definition) is 0. The van der Waals surface area contributed by atoms with E-state index in [1.54, 1.807) is 23.7 Å². The minimum Gasteiger partial charge on any atom is -0.368 e. The van der Waals surface area contributed by atoms with Crippen molar-refractivity contribution in [2.24, 2.45) is 0 Å². The molecular weight excluding hydrogens is 326 g/mol. The van der Waals surface area contributed by atoms with E-state index in [4.69, 9.17) is 4.74 Å². The van der Waals surface area contributed by atoms with Crippen molar-refractivity contribution < 1.29 is 9.53 Å². The largest absolute Gasteiger partial charge is 0.368 e. The van der Waals surface area contributed by atoms with Crippen LogP contribution in [-0.4, -0.2) is 59.6 Å². The molecule has 0 radical (unpaired) electrons. The molecule has 1 amide bonds. The van der Waals surface area contributed by atoms with Crippen LogP contribution in [0.1, 0.15) is 22.5 Å².